The number of hydrogen-bond acceptors (Lipinski definition) is 1. The lowest BCUT2D eigenvalue weighted by Crippen LogP contribution is -2.13. The summed E-state index contributed by atoms with van der Waals surface area (Å²) in [5.41, 5.74) is 8.94. The van der Waals surface area contributed by atoms with Crippen molar-refractivity contribution in [3.63, 3.8) is 0 Å². The van der Waals surface area contributed by atoms with E-state index >= 15 is 0 Å². The van der Waals surface area contributed by atoms with Gasteiger partial charge >= 0.3 is 0 Å². The fourth-order valence-electron chi connectivity index (χ4n) is 2.32. The molecule has 0 aliphatic rings. The van der Waals surface area contributed by atoms with E-state index in [9.17, 15) is 8.78 Å². The summed E-state index contributed by atoms with van der Waals surface area (Å²) in [7, 11) is 0. The van der Waals surface area contributed by atoms with Gasteiger partial charge in [-0.2, -0.15) is 0 Å². The maximum atomic E-state index is 13.1. The molecular formula is C17H19F2N. The number of nitrogens with two attached hydrogens (primary N) is 1. The molecule has 0 spiro atoms. The van der Waals surface area contributed by atoms with E-state index in [1.54, 1.807) is 0 Å². The molecule has 0 radical (unpaired) electrons. The molecule has 1 nitrogen and oxygen atoms in total. The molecule has 0 aliphatic heterocycles. The molecule has 0 amide bonds. The molecule has 106 valence electrons. The normalized spacial score (nSPS) is 12.4. The van der Waals surface area contributed by atoms with Crippen LogP contribution < -0.4 is 5.73 Å². The summed E-state index contributed by atoms with van der Waals surface area (Å²) in [4.78, 5) is 0. The monoisotopic (exact) mass is 275 g/mol. The largest absolute Gasteiger partial charge is 0.324 e. The highest BCUT2D eigenvalue weighted by atomic mass is 19.1. The lowest BCUT2D eigenvalue weighted by atomic mass is 9.98. The van der Waals surface area contributed by atoms with Crippen LogP contribution >= 0.6 is 0 Å². The average Bonchev–Trinajstić information content (AvgIpc) is 2.38. The van der Waals surface area contributed by atoms with Gasteiger partial charge in [-0.1, -0.05) is 37.6 Å². The molecule has 0 aromatic heterocycles. The summed E-state index contributed by atoms with van der Waals surface area (Å²) in [5, 5.41) is 0. The van der Waals surface area contributed by atoms with Gasteiger partial charge in [-0.15, -0.1) is 0 Å². The zero-order chi connectivity index (χ0) is 14.5. The van der Waals surface area contributed by atoms with Crippen LogP contribution in [0.5, 0.6) is 0 Å². The minimum Gasteiger partial charge on any atom is -0.324 e. The first-order valence-electron chi connectivity index (χ1n) is 6.88. The molecule has 0 bridgehead atoms. The molecule has 3 heteroatoms. The SMILES string of the molecule is CCCc1ccc(C(N)Cc2cc(F)cc(F)c2)cc1. The van der Waals surface area contributed by atoms with Gasteiger partial charge in [-0.25, -0.2) is 8.78 Å². The van der Waals surface area contributed by atoms with E-state index in [0.717, 1.165) is 24.5 Å². The second-order valence-corrected chi connectivity index (χ2v) is 5.08. The maximum absolute atomic E-state index is 13.1. The first-order valence-corrected chi connectivity index (χ1v) is 6.88. The van der Waals surface area contributed by atoms with Crippen LogP contribution in [0.25, 0.3) is 0 Å². The van der Waals surface area contributed by atoms with Crippen LogP contribution in [0.1, 0.15) is 36.1 Å². The molecule has 20 heavy (non-hydrogen) atoms. The Balaban J connectivity index is 2.08. The maximum Gasteiger partial charge on any atom is 0.126 e. The van der Waals surface area contributed by atoms with Crippen molar-refractivity contribution in [1.29, 1.82) is 0 Å². The lowest BCUT2D eigenvalue weighted by Gasteiger charge is -2.13. The molecule has 0 fully saturated rings. The Morgan fingerprint density at radius 1 is 0.950 bits per heavy atom. The molecule has 0 saturated heterocycles. The molecule has 1 unspecified atom stereocenters. The predicted octanol–water partition coefficient (Wildman–Crippen LogP) is 4.16. The van der Waals surface area contributed by atoms with Crippen molar-refractivity contribution in [2.75, 3.05) is 0 Å². The molecule has 2 aromatic carbocycles. The van der Waals surface area contributed by atoms with Crippen LogP contribution in [0.3, 0.4) is 0 Å². The van der Waals surface area contributed by atoms with E-state index in [4.69, 9.17) is 5.73 Å². The van der Waals surface area contributed by atoms with Crippen molar-refractivity contribution in [3.05, 3.63) is 70.8 Å². The van der Waals surface area contributed by atoms with Crippen LogP contribution in [-0.4, -0.2) is 0 Å². The zero-order valence-electron chi connectivity index (χ0n) is 11.6. The van der Waals surface area contributed by atoms with Gasteiger partial charge in [0.1, 0.15) is 11.6 Å². The van der Waals surface area contributed by atoms with Crippen LogP contribution in [-0.2, 0) is 12.8 Å². The van der Waals surface area contributed by atoms with Gasteiger partial charge in [-0.05, 0) is 41.7 Å². The minimum atomic E-state index is -0.564. The number of benzene rings is 2. The standard InChI is InChI=1S/C17H19F2N/c1-2-3-12-4-6-14(7-5-12)17(20)10-13-8-15(18)11-16(19)9-13/h4-9,11,17H,2-3,10,20H2,1H3. The third-order valence-corrected chi connectivity index (χ3v) is 3.32. The van der Waals surface area contributed by atoms with Gasteiger partial charge in [-0.3, -0.25) is 0 Å². The number of halogens is 2. The van der Waals surface area contributed by atoms with E-state index < -0.39 is 11.6 Å². The molecule has 1 atom stereocenters. The van der Waals surface area contributed by atoms with E-state index in [1.807, 2.05) is 12.1 Å². The Kier molecular flexibility index (Phi) is 4.85. The van der Waals surface area contributed by atoms with Gasteiger partial charge < -0.3 is 5.73 Å². The Hall–Kier alpha value is -1.74. The summed E-state index contributed by atoms with van der Waals surface area (Å²) in [6.07, 6.45) is 2.57. The Morgan fingerprint density at radius 2 is 1.55 bits per heavy atom. The van der Waals surface area contributed by atoms with Crippen molar-refractivity contribution in [3.8, 4) is 0 Å². The highest BCUT2D eigenvalue weighted by molar-refractivity contribution is 5.27. The molecule has 0 heterocycles. The Morgan fingerprint density at radius 3 is 2.10 bits per heavy atom. The van der Waals surface area contributed by atoms with Crippen LogP contribution in [0, 0.1) is 11.6 Å². The smallest absolute Gasteiger partial charge is 0.126 e. The molecule has 0 saturated carbocycles. The van der Waals surface area contributed by atoms with Gasteiger partial charge in [0.25, 0.3) is 0 Å². The minimum absolute atomic E-state index is 0.258. The van der Waals surface area contributed by atoms with Crippen LogP contribution in [0.4, 0.5) is 8.78 Å². The highest BCUT2D eigenvalue weighted by Gasteiger charge is 2.09. The number of hydrogen-bond donors (Lipinski definition) is 1. The molecule has 2 N–H and O–H groups in total. The van der Waals surface area contributed by atoms with Crippen molar-refractivity contribution in [1.82, 2.24) is 0 Å². The molecule has 0 aliphatic carbocycles. The molecule has 2 rings (SSSR count). The van der Waals surface area contributed by atoms with E-state index in [0.29, 0.717) is 12.0 Å². The third-order valence-electron chi connectivity index (χ3n) is 3.32. The summed E-state index contributed by atoms with van der Waals surface area (Å²) >= 11 is 0. The third kappa shape index (κ3) is 3.87. The van der Waals surface area contributed by atoms with Crippen LogP contribution in [0.2, 0.25) is 0 Å². The van der Waals surface area contributed by atoms with Gasteiger partial charge in [0.05, 0.1) is 0 Å². The lowest BCUT2D eigenvalue weighted by molar-refractivity contribution is 0.576. The first-order chi connectivity index (χ1) is 9.58. The Bertz CT molecular complexity index is 543. The first kappa shape index (κ1) is 14.7. The molecule has 2 aromatic rings. The van der Waals surface area contributed by atoms with Gasteiger partial charge in [0, 0.05) is 12.1 Å². The number of aryl methyl sites for hydroxylation is 1. The fourth-order valence-corrected chi connectivity index (χ4v) is 2.32. The van der Waals surface area contributed by atoms with Gasteiger partial charge in [0.15, 0.2) is 0 Å². The quantitative estimate of drug-likeness (QED) is 0.871. The Labute approximate surface area is 118 Å². The predicted molar refractivity (Wildman–Crippen MR) is 77.4 cm³/mol. The van der Waals surface area contributed by atoms with E-state index in [-0.39, 0.29) is 6.04 Å². The summed E-state index contributed by atoms with van der Waals surface area (Å²) < 4.78 is 26.3. The van der Waals surface area contributed by atoms with Gasteiger partial charge in [0.2, 0.25) is 0 Å². The summed E-state index contributed by atoms with van der Waals surface area (Å²) in [6, 6.07) is 11.4. The van der Waals surface area contributed by atoms with Crippen molar-refractivity contribution in [2.24, 2.45) is 5.73 Å². The number of rotatable bonds is 5. The second kappa shape index (κ2) is 6.62. The van der Waals surface area contributed by atoms with E-state index in [1.165, 1.54) is 17.7 Å². The van der Waals surface area contributed by atoms with E-state index in [2.05, 4.69) is 19.1 Å². The zero-order valence-corrected chi connectivity index (χ0v) is 11.6. The summed E-state index contributed by atoms with van der Waals surface area (Å²) in [5.74, 6) is -1.13. The molecular weight excluding hydrogens is 256 g/mol. The van der Waals surface area contributed by atoms with Crippen molar-refractivity contribution >= 4 is 0 Å². The van der Waals surface area contributed by atoms with Crippen molar-refractivity contribution < 1.29 is 8.78 Å². The van der Waals surface area contributed by atoms with Crippen LogP contribution in [0.15, 0.2) is 42.5 Å². The average molecular weight is 275 g/mol. The fraction of sp³-hybridized carbons (Fsp3) is 0.294. The topological polar surface area (TPSA) is 26.0 Å². The highest BCUT2D eigenvalue weighted by Crippen LogP contribution is 2.19. The second-order valence-electron chi connectivity index (χ2n) is 5.08. The van der Waals surface area contributed by atoms with Crippen molar-refractivity contribution in [2.45, 2.75) is 32.2 Å². The summed E-state index contributed by atoms with van der Waals surface area (Å²) in [6.45, 7) is 2.14.